The van der Waals surface area contributed by atoms with E-state index in [1.165, 1.54) is 32.4 Å². The van der Waals surface area contributed by atoms with Crippen LogP contribution in [0.1, 0.15) is 19.3 Å². The molecule has 2 aliphatic rings. The molecule has 1 aromatic carbocycles. The molecular weight excluding hydrogens is 363 g/mol. The third-order valence-electron chi connectivity index (χ3n) is 4.13. The van der Waals surface area contributed by atoms with Crippen LogP contribution in [-0.4, -0.2) is 61.5 Å². The number of hydrogen-bond acceptors (Lipinski definition) is 3. The molecular formula is C17H24Cl2N4O2. The van der Waals surface area contributed by atoms with Crippen LogP contribution in [0, 0.1) is 0 Å². The summed E-state index contributed by atoms with van der Waals surface area (Å²) in [4.78, 5) is 25.9. The molecule has 6 nitrogen and oxygen atoms in total. The highest BCUT2D eigenvalue weighted by molar-refractivity contribution is 6.42. The predicted octanol–water partition coefficient (Wildman–Crippen LogP) is 3.06. The van der Waals surface area contributed by atoms with Crippen molar-refractivity contribution in [1.82, 2.24) is 15.1 Å². The van der Waals surface area contributed by atoms with Gasteiger partial charge in [0.25, 0.3) is 0 Å². The Hall–Kier alpha value is -1.50. The Morgan fingerprint density at radius 2 is 1.72 bits per heavy atom. The van der Waals surface area contributed by atoms with Gasteiger partial charge in [0.2, 0.25) is 6.41 Å². The Morgan fingerprint density at radius 3 is 2.20 bits per heavy atom. The number of amides is 3. The number of nitrogens with zero attached hydrogens (tertiary/aromatic N) is 2. The predicted molar refractivity (Wildman–Crippen MR) is 101 cm³/mol. The minimum atomic E-state index is -0.205. The fraction of sp³-hybridized carbons (Fsp3) is 0.529. The summed E-state index contributed by atoms with van der Waals surface area (Å²) < 4.78 is 0. The first-order chi connectivity index (χ1) is 12.1. The van der Waals surface area contributed by atoms with E-state index in [-0.39, 0.29) is 6.03 Å². The van der Waals surface area contributed by atoms with Crippen molar-refractivity contribution in [3.8, 4) is 0 Å². The third-order valence-corrected chi connectivity index (χ3v) is 4.87. The Bertz CT molecular complexity index is 562. The summed E-state index contributed by atoms with van der Waals surface area (Å²) in [5.41, 5.74) is 0.595. The number of benzene rings is 1. The summed E-state index contributed by atoms with van der Waals surface area (Å²) in [6.07, 6.45) is 5.02. The molecule has 8 heteroatoms. The van der Waals surface area contributed by atoms with Crippen molar-refractivity contribution in [3.05, 3.63) is 28.2 Å². The molecule has 0 saturated carbocycles. The van der Waals surface area contributed by atoms with Gasteiger partial charge in [0, 0.05) is 31.9 Å². The van der Waals surface area contributed by atoms with Crippen molar-refractivity contribution < 1.29 is 9.59 Å². The van der Waals surface area contributed by atoms with Crippen LogP contribution in [-0.2, 0) is 4.79 Å². The van der Waals surface area contributed by atoms with Gasteiger partial charge < -0.3 is 20.4 Å². The first-order valence-electron chi connectivity index (χ1n) is 8.51. The summed E-state index contributed by atoms with van der Waals surface area (Å²) in [6.45, 7) is 4.65. The lowest BCUT2D eigenvalue weighted by Gasteiger charge is -2.32. The molecule has 1 aromatic rings. The molecule has 0 bridgehead atoms. The number of piperazine rings is 1. The number of hydrogen-bond donors (Lipinski definition) is 2. The van der Waals surface area contributed by atoms with Crippen LogP contribution in [0.15, 0.2) is 18.2 Å². The van der Waals surface area contributed by atoms with Gasteiger partial charge in [0.1, 0.15) is 0 Å². The number of nitrogens with one attached hydrogen (secondary N) is 2. The van der Waals surface area contributed by atoms with Gasteiger partial charge in [-0.1, -0.05) is 29.6 Å². The van der Waals surface area contributed by atoms with E-state index in [0.29, 0.717) is 41.9 Å². The fourth-order valence-electron chi connectivity index (χ4n) is 2.61. The number of halogens is 2. The number of carbonyl (C=O) groups is 2. The molecule has 2 heterocycles. The Kier molecular flexibility index (Phi) is 8.31. The van der Waals surface area contributed by atoms with Gasteiger partial charge in [-0.05, 0) is 44.1 Å². The van der Waals surface area contributed by atoms with Gasteiger partial charge in [-0.3, -0.25) is 4.79 Å². The zero-order valence-corrected chi connectivity index (χ0v) is 15.7. The maximum atomic E-state index is 12.0. The molecule has 3 amide bonds. The van der Waals surface area contributed by atoms with Gasteiger partial charge in [-0.2, -0.15) is 0 Å². The summed E-state index contributed by atoms with van der Waals surface area (Å²) >= 11 is 11.7. The normalized spacial score (nSPS) is 17.4. The van der Waals surface area contributed by atoms with Crippen molar-refractivity contribution >= 4 is 41.3 Å². The Morgan fingerprint density at radius 1 is 1.04 bits per heavy atom. The van der Waals surface area contributed by atoms with Gasteiger partial charge in [0.05, 0.1) is 10.0 Å². The van der Waals surface area contributed by atoms with E-state index >= 15 is 0 Å². The third kappa shape index (κ3) is 6.72. The van der Waals surface area contributed by atoms with Gasteiger partial charge in [0.15, 0.2) is 0 Å². The van der Waals surface area contributed by atoms with Crippen molar-refractivity contribution in [1.29, 1.82) is 0 Å². The van der Waals surface area contributed by atoms with Gasteiger partial charge in [-0.15, -0.1) is 0 Å². The van der Waals surface area contributed by atoms with E-state index in [4.69, 9.17) is 23.2 Å². The van der Waals surface area contributed by atoms with E-state index in [0.717, 1.165) is 6.41 Å². The first kappa shape index (κ1) is 19.8. The van der Waals surface area contributed by atoms with Crippen molar-refractivity contribution in [3.63, 3.8) is 0 Å². The number of piperidine rings is 1. The second-order valence-corrected chi connectivity index (χ2v) is 6.81. The Balaban J connectivity index is 0.000000316. The summed E-state index contributed by atoms with van der Waals surface area (Å²) in [7, 11) is 0. The van der Waals surface area contributed by atoms with E-state index in [1.807, 2.05) is 0 Å². The molecule has 0 spiro atoms. The van der Waals surface area contributed by atoms with Crippen molar-refractivity contribution in [2.45, 2.75) is 19.3 Å². The number of carbonyl (C=O) groups excluding carboxylic acids is 2. The van der Waals surface area contributed by atoms with Crippen LogP contribution >= 0.6 is 23.2 Å². The van der Waals surface area contributed by atoms with Crippen LogP contribution in [0.4, 0.5) is 10.5 Å². The Labute approximate surface area is 158 Å². The van der Waals surface area contributed by atoms with Crippen LogP contribution in [0.3, 0.4) is 0 Å². The van der Waals surface area contributed by atoms with E-state index in [9.17, 15) is 9.59 Å². The van der Waals surface area contributed by atoms with E-state index in [1.54, 1.807) is 28.0 Å². The second kappa shape index (κ2) is 10.5. The monoisotopic (exact) mass is 386 g/mol. The summed E-state index contributed by atoms with van der Waals surface area (Å²) in [5, 5.41) is 6.87. The summed E-state index contributed by atoms with van der Waals surface area (Å²) in [5.74, 6) is 0. The number of rotatable bonds is 2. The molecule has 3 rings (SSSR count). The second-order valence-electron chi connectivity index (χ2n) is 6.00. The quantitative estimate of drug-likeness (QED) is 0.767. The topological polar surface area (TPSA) is 64.7 Å². The molecule has 2 fully saturated rings. The summed E-state index contributed by atoms with van der Waals surface area (Å²) in [6, 6.07) is 4.71. The molecule has 0 aromatic heterocycles. The minimum absolute atomic E-state index is 0.205. The van der Waals surface area contributed by atoms with E-state index in [2.05, 4.69) is 10.6 Å². The zero-order valence-electron chi connectivity index (χ0n) is 14.1. The zero-order chi connectivity index (χ0) is 18.1. The van der Waals surface area contributed by atoms with Crippen LogP contribution in [0.2, 0.25) is 10.0 Å². The van der Waals surface area contributed by atoms with Crippen molar-refractivity contribution in [2.75, 3.05) is 44.6 Å². The molecule has 2 saturated heterocycles. The first-order valence-corrected chi connectivity index (χ1v) is 9.27. The number of urea groups is 1. The molecule has 0 unspecified atom stereocenters. The number of anilines is 1. The molecule has 0 radical (unpaired) electrons. The minimum Gasteiger partial charge on any atom is -0.342 e. The molecule has 2 N–H and O–H groups in total. The fourth-order valence-corrected chi connectivity index (χ4v) is 2.91. The SMILES string of the molecule is C1CCNCC1.O=CN1CCN(C(=O)Nc2ccc(Cl)c(Cl)c2)CC1. The highest BCUT2D eigenvalue weighted by Crippen LogP contribution is 2.25. The largest absolute Gasteiger partial charge is 0.342 e. The van der Waals surface area contributed by atoms with Gasteiger partial charge in [-0.25, -0.2) is 4.79 Å². The average Bonchev–Trinajstić information content (AvgIpc) is 2.67. The maximum Gasteiger partial charge on any atom is 0.321 e. The standard InChI is InChI=1S/C12H13Cl2N3O2.C5H11N/c13-10-2-1-9(7-11(10)14)15-12(19)17-5-3-16(8-18)4-6-17;1-2-4-6-5-3-1/h1-2,7-8H,3-6H2,(H,15,19);6H,1-5H2. The molecule has 25 heavy (non-hydrogen) atoms. The average molecular weight is 387 g/mol. The lowest BCUT2D eigenvalue weighted by Crippen LogP contribution is -2.49. The van der Waals surface area contributed by atoms with Crippen LogP contribution < -0.4 is 10.6 Å². The van der Waals surface area contributed by atoms with Crippen molar-refractivity contribution in [2.24, 2.45) is 0 Å². The molecule has 2 aliphatic heterocycles. The lowest BCUT2D eigenvalue weighted by molar-refractivity contribution is -0.119. The van der Waals surface area contributed by atoms with Gasteiger partial charge >= 0.3 is 6.03 Å². The lowest BCUT2D eigenvalue weighted by atomic mass is 10.2. The van der Waals surface area contributed by atoms with E-state index < -0.39 is 0 Å². The maximum absolute atomic E-state index is 12.0. The highest BCUT2D eigenvalue weighted by Gasteiger charge is 2.20. The molecule has 0 aliphatic carbocycles. The molecule has 138 valence electrons. The molecule has 0 atom stereocenters. The van der Waals surface area contributed by atoms with Crippen LogP contribution in [0.5, 0.6) is 0 Å². The smallest absolute Gasteiger partial charge is 0.321 e. The highest BCUT2D eigenvalue weighted by atomic mass is 35.5. The van der Waals surface area contributed by atoms with Crippen LogP contribution in [0.25, 0.3) is 0 Å².